The summed E-state index contributed by atoms with van der Waals surface area (Å²) in [7, 11) is 0. The lowest BCUT2D eigenvalue weighted by molar-refractivity contribution is 0.448. The predicted molar refractivity (Wildman–Crippen MR) is 64.4 cm³/mol. The van der Waals surface area contributed by atoms with Crippen molar-refractivity contribution in [3.8, 4) is 0 Å². The summed E-state index contributed by atoms with van der Waals surface area (Å²) in [6.45, 7) is 6.27. The van der Waals surface area contributed by atoms with E-state index in [0.29, 0.717) is 0 Å². The number of nitrogens with two attached hydrogens (primary N) is 1. The van der Waals surface area contributed by atoms with Crippen LogP contribution in [0.3, 0.4) is 0 Å². The van der Waals surface area contributed by atoms with Gasteiger partial charge in [0.2, 0.25) is 0 Å². The molecule has 0 bridgehead atoms. The fraction of sp³-hybridized carbons (Fsp3) is 0.583. The van der Waals surface area contributed by atoms with Crippen LogP contribution < -0.4 is 11.1 Å². The highest BCUT2D eigenvalue weighted by Crippen LogP contribution is 2.08. The smallest absolute Gasteiger partial charge is 0.0770 e. The SMILES string of the molecule is CCC(CC)CNCc1ncccc1N. The van der Waals surface area contributed by atoms with E-state index in [4.69, 9.17) is 5.73 Å². The summed E-state index contributed by atoms with van der Waals surface area (Å²) in [6.07, 6.45) is 4.23. The molecule has 0 aliphatic rings. The Morgan fingerprint density at radius 1 is 1.40 bits per heavy atom. The quantitative estimate of drug-likeness (QED) is 0.751. The normalized spacial score (nSPS) is 10.9. The van der Waals surface area contributed by atoms with Crippen molar-refractivity contribution in [2.75, 3.05) is 12.3 Å². The molecule has 1 rings (SSSR count). The van der Waals surface area contributed by atoms with Crippen LogP contribution in [0.15, 0.2) is 18.3 Å². The van der Waals surface area contributed by atoms with Crippen LogP contribution >= 0.6 is 0 Å². The number of nitrogens with zero attached hydrogens (tertiary/aromatic N) is 1. The van der Waals surface area contributed by atoms with Crippen molar-refractivity contribution >= 4 is 5.69 Å². The Morgan fingerprint density at radius 2 is 2.13 bits per heavy atom. The molecule has 0 aliphatic heterocycles. The predicted octanol–water partition coefficient (Wildman–Crippen LogP) is 2.19. The molecular weight excluding hydrogens is 186 g/mol. The van der Waals surface area contributed by atoms with Gasteiger partial charge in [0, 0.05) is 12.7 Å². The van der Waals surface area contributed by atoms with Gasteiger partial charge in [-0.05, 0) is 24.6 Å². The van der Waals surface area contributed by atoms with E-state index in [2.05, 4.69) is 24.1 Å². The number of aromatic nitrogens is 1. The molecule has 0 unspecified atom stereocenters. The van der Waals surface area contributed by atoms with Crippen molar-refractivity contribution < 1.29 is 0 Å². The van der Waals surface area contributed by atoms with Crippen molar-refractivity contribution in [1.29, 1.82) is 0 Å². The number of nitrogen functional groups attached to an aromatic ring is 1. The molecule has 1 aromatic heterocycles. The Bertz CT molecular complexity index is 282. The molecule has 0 saturated heterocycles. The summed E-state index contributed by atoms with van der Waals surface area (Å²) < 4.78 is 0. The Hall–Kier alpha value is -1.09. The molecule has 0 atom stereocenters. The Labute approximate surface area is 92.1 Å². The van der Waals surface area contributed by atoms with E-state index in [1.165, 1.54) is 12.8 Å². The number of hydrogen-bond acceptors (Lipinski definition) is 3. The highest BCUT2D eigenvalue weighted by atomic mass is 14.9. The fourth-order valence-corrected chi connectivity index (χ4v) is 1.57. The number of anilines is 1. The van der Waals surface area contributed by atoms with Gasteiger partial charge in [-0.1, -0.05) is 26.7 Å². The molecule has 1 heterocycles. The summed E-state index contributed by atoms with van der Waals surface area (Å²) >= 11 is 0. The van der Waals surface area contributed by atoms with Crippen molar-refractivity contribution in [2.24, 2.45) is 5.92 Å². The first-order valence-corrected chi connectivity index (χ1v) is 5.68. The molecule has 0 fully saturated rings. The second-order valence-electron chi connectivity index (χ2n) is 3.85. The monoisotopic (exact) mass is 207 g/mol. The van der Waals surface area contributed by atoms with Crippen LogP contribution in [-0.4, -0.2) is 11.5 Å². The molecule has 3 N–H and O–H groups in total. The summed E-state index contributed by atoms with van der Waals surface area (Å²) in [5.41, 5.74) is 7.52. The first-order valence-electron chi connectivity index (χ1n) is 5.68. The first-order chi connectivity index (χ1) is 7.27. The zero-order valence-corrected chi connectivity index (χ0v) is 9.66. The highest BCUT2D eigenvalue weighted by Gasteiger charge is 2.03. The maximum Gasteiger partial charge on any atom is 0.0770 e. The second kappa shape index (κ2) is 6.40. The van der Waals surface area contributed by atoms with Crippen molar-refractivity contribution in [1.82, 2.24) is 10.3 Å². The second-order valence-corrected chi connectivity index (χ2v) is 3.85. The maximum atomic E-state index is 5.80. The topological polar surface area (TPSA) is 50.9 Å². The van der Waals surface area contributed by atoms with Crippen LogP contribution in [0.4, 0.5) is 5.69 Å². The lowest BCUT2D eigenvalue weighted by atomic mass is 10.0. The Morgan fingerprint density at radius 3 is 2.73 bits per heavy atom. The van der Waals surface area contributed by atoms with Gasteiger partial charge in [0.05, 0.1) is 11.4 Å². The largest absolute Gasteiger partial charge is 0.397 e. The van der Waals surface area contributed by atoms with Gasteiger partial charge in [0.15, 0.2) is 0 Å². The van der Waals surface area contributed by atoms with E-state index in [1.807, 2.05) is 12.1 Å². The van der Waals surface area contributed by atoms with Gasteiger partial charge < -0.3 is 11.1 Å². The summed E-state index contributed by atoms with van der Waals surface area (Å²) in [6, 6.07) is 3.75. The summed E-state index contributed by atoms with van der Waals surface area (Å²) in [5.74, 6) is 0.759. The minimum atomic E-state index is 0.759. The van der Waals surface area contributed by atoms with Crippen LogP contribution in [0.1, 0.15) is 32.4 Å². The minimum absolute atomic E-state index is 0.759. The van der Waals surface area contributed by atoms with E-state index < -0.39 is 0 Å². The molecule has 3 heteroatoms. The molecule has 0 radical (unpaired) electrons. The minimum Gasteiger partial charge on any atom is -0.397 e. The molecule has 15 heavy (non-hydrogen) atoms. The first kappa shape index (κ1) is 12.0. The third-order valence-corrected chi connectivity index (χ3v) is 2.81. The average Bonchev–Trinajstić information content (AvgIpc) is 2.27. The zero-order chi connectivity index (χ0) is 11.1. The number of pyridine rings is 1. The zero-order valence-electron chi connectivity index (χ0n) is 9.66. The highest BCUT2D eigenvalue weighted by molar-refractivity contribution is 5.41. The van der Waals surface area contributed by atoms with Gasteiger partial charge in [-0.15, -0.1) is 0 Å². The third-order valence-electron chi connectivity index (χ3n) is 2.81. The summed E-state index contributed by atoms with van der Waals surface area (Å²) in [4.78, 5) is 4.24. The third kappa shape index (κ3) is 3.88. The fourth-order valence-electron chi connectivity index (χ4n) is 1.57. The van der Waals surface area contributed by atoms with Crippen LogP contribution in [0.25, 0.3) is 0 Å². The van der Waals surface area contributed by atoms with Crippen LogP contribution in [-0.2, 0) is 6.54 Å². The summed E-state index contributed by atoms with van der Waals surface area (Å²) in [5, 5.41) is 3.40. The average molecular weight is 207 g/mol. The molecular formula is C12H21N3. The van der Waals surface area contributed by atoms with Crippen molar-refractivity contribution in [2.45, 2.75) is 33.2 Å². The van der Waals surface area contributed by atoms with Crippen LogP contribution in [0.2, 0.25) is 0 Å². The Kier molecular flexibility index (Phi) is 5.12. The van der Waals surface area contributed by atoms with E-state index in [9.17, 15) is 0 Å². The van der Waals surface area contributed by atoms with Crippen LogP contribution in [0.5, 0.6) is 0 Å². The maximum absolute atomic E-state index is 5.80. The molecule has 0 aromatic carbocycles. The van der Waals surface area contributed by atoms with Gasteiger partial charge in [0.1, 0.15) is 0 Å². The molecule has 84 valence electrons. The van der Waals surface area contributed by atoms with Gasteiger partial charge >= 0.3 is 0 Å². The lowest BCUT2D eigenvalue weighted by Gasteiger charge is -2.13. The molecule has 0 amide bonds. The molecule has 3 nitrogen and oxygen atoms in total. The number of nitrogens with one attached hydrogen (secondary N) is 1. The number of hydrogen-bond donors (Lipinski definition) is 2. The lowest BCUT2D eigenvalue weighted by Crippen LogP contribution is -2.22. The van der Waals surface area contributed by atoms with Gasteiger partial charge in [-0.2, -0.15) is 0 Å². The standard InChI is InChI=1S/C12H21N3/c1-3-10(4-2)8-14-9-12-11(13)6-5-7-15-12/h5-7,10,14H,3-4,8-9,13H2,1-2H3. The van der Waals surface area contributed by atoms with E-state index in [-0.39, 0.29) is 0 Å². The molecule has 0 spiro atoms. The van der Waals surface area contributed by atoms with E-state index in [0.717, 1.165) is 30.4 Å². The Balaban J connectivity index is 2.34. The van der Waals surface area contributed by atoms with Crippen molar-refractivity contribution in [3.63, 3.8) is 0 Å². The van der Waals surface area contributed by atoms with E-state index in [1.54, 1.807) is 6.20 Å². The molecule has 1 aromatic rings. The van der Waals surface area contributed by atoms with E-state index >= 15 is 0 Å². The van der Waals surface area contributed by atoms with Crippen molar-refractivity contribution in [3.05, 3.63) is 24.0 Å². The molecule has 0 saturated carbocycles. The van der Waals surface area contributed by atoms with Gasteiger partial charge in [-0.3, -0.25) is 4.98 Å². The van der Waals surface area contributed by atoms with Gasteiger partial charge in [-0.25, -0.2) is 0 Å². The van der Waals surface area contributed by atoms with Crippen LogP contribution in [0, 0.1) is 5.92 Å². The molecule has 0 aliphatic carbocycles. The van der Waals surface area contributed by atoms with Gasteiger partial charge in [0.25, 0.3) is 0 Å². The number of rotatable bonds is 6.